The molecule has 0 saturated heterocycles. The number of nitrogens with zero attached hydrogens (tertiary/aromatic N) is 1. The molecular weight excluding hydrogens is 214 g/mol. The number of carbonyl (C=O) groups is 2. The van der Waals surface area contributed by atoms with E-state index < -0.39 is 0 Å². The van der Waals surface area contributed by atoms with Crippen LogP contribution in [0.4, 0.5) is 5.13 Å². The highest BCUT2D eigenvalue weighted by Crippen LogP contribution is 2.20. The van der Waals surface area contributed by atoms with Crippen molar-refractivity contribution in [2.75, 3.05) is 5.32 Å². The Labute approximate surface area is 90.9 Å². The summed E-state index contributed by atoms with van der Waals surface area (Å²) in [5.41, 5.74) is 0.371. The number of aromatic nitrogens is 1. The fraction of sp³-hybridized carbons (Fsp3) is 0.444. The molecule has 15 heavy (non-hydrogen) atoms. The first-order valence-electron chi connectivity index (χ1n) is 4.69. The van der Waals surface area contributed by atoms with E-state index in [0.29, 0.717) is 16.9 Å². The van der Waals surface area contributed by atoms with E-state index in [9.17, 15) is 9.59 Å². The van der Waals surface area contributed by atoms with Crippen molar-refractivity contribution in [1.82, 2.24) is 10.3 Å². The van der Waals surface area contributed by atoms with Gasteiger partial charge in [-0.05, 0) is 12.8 Å². The molecule has 1 saturated carbocycles. The Morgan fingerprint density at radius 3 is 2.87 bits per heavy atom. The van der Waals surface area contributed by atoms with E-state index in [2.05, 4.69) is 15.6 Å². The summed E-state index contributed by atoms with van der Waals surface area (Å²) in [5, 5.41) is 7.47. The van der Waals surface area contributed by atoms with Gasteiger partial charge >= 0.3 is 0 Å². The van der Waals surface area contributed by atoms with Crippen molar-refractivity contribution in [3.63, 3.8) is 0 Å². The summed E-state index contributed by atoms with van der Waals surface area (Å²) in [4.78, 5) is 26.3. The first-order chi connectivity index (χ1) is 7.15. The molecule has 0 aromatic carbocycles. The predicted molar refractivity (Wildman–Crippen MR) is 56.9 cm³/mol. The highest BCUT2D eigenvalue weighted by atomic mass is 32.1. The fourth-order valence-corrected chi connectivity index (χ4v) is 1.81. The van der Waals surface area contributed by atoms with E-state index in [1.807, 2.05) is 0 Å². The number of rotatable bonds is 3. The van der Waals surface area contributed by atoms with Gasteiger partial charge in [0.25, 0.3) is 5.91 Å². The molecule has 5 nitrogen and oxygen atoms in total. The molecular formula is C9H11N3O2S. The lowest BCUT2D eigenvalue weighted by Gasteiger charge is -1.98. The second kappa shape index (κ2) is 3.98. The minimum absolute atomic E-state index is 0.162. The van der Waals surface area contributed by atoms with Crippen LogP contribution in [0.2, 0.25) is 0 Å². The van der Waals surface area contributed by atoms with Crippen molar-refractivity contribution in [2.24, 2.45) is 0 Å². The molecule has 0 spiro atoms. The predicted octanol–water partition coefficient (Wildman–Crippen LogP) is 0.994. The van der Waals surface area contributed by atoms with Crippen LogP contribution >= 0.6 is 11.3 Å². The monoisotopic (exact) mass is 225 g/mol. The number of amides is 2. The standard InChI is InChI=1S/C9H11N3O2S/c1-5(13)10-9-12-7(4-15-9)8(14)11-6-2-3-6/h4,6H,2-3H2,1H3,(H,11,14)(H,10,12,13). The molecule has 1 aromatic heterocycles. The number of hydrogen-bond donors (Lipinski definition) is 2. The number of nitrogens with one attached hydrogen (secondary N) is 2. The van der Waals surface area contributed by atoms with Gasteiger partial charge in [-0.2, -0.15) is 0 Å². The zero-order valence-electron chi connectivity index (χ0n) is 8.24. The maximum atomic E-state index is 11.5. The molecule has 1 aliphatic rings. The smallest absolute Gasteiger partial charge is 0.271 e. The summed E-state index contributed by atoms with van der Waals surface area (Å²) >= 11 is 1.25. The SMILES string of the molecule is CC(=O)Nc1nc(C(=O)NC2CC2)cs1. The molecule has 0 aliphatic heterocycles. The molecule has 2 amide bonds. The van der Waals surface area contributed by atoms with Crippen LogP contribution in [0.25, 0.3) is 0 Å². The van der Waals surface area contributed by atoms with Gasteiger partial charge in [-0.25, -0.2) is 4.98 Å². The van der Waals surface area contributed by atoms with E-state index in [4.69, 9.17) is 0 Å². The van der Waals surface area contributed by atoms with Gasteiger partial charge < -0.3 is 10.6 Å². The third kappa shape index (κ3) is 2.76. The Morgan fingerprint density at radius 2 is 2.27 bits per heavy atom. The molecule has 2 rings (SSSR count). The van der Waals surface area contributed by atoms with E-state index in [0.717, 1.165) is 12.8 Å². The number of thiazole rings is 1. The highest BCUT2D eigenvalue weighted by Gasteiger charge is 2.24. The van der Waals surface area contributed by atoms with E-state index >= 15 is 0 Å². The van der Waals surface area contributed by atoms with Crippen molar-refractivity contribution in [3.05, 3.63) is 11.1 Å². The largest absolute Gasteiger partial charge is 0.348 e. The molecule has 6 heteroatoms. The quantitative estimate of drug-likeness (QED) is 0.806. The van der Waals surface area contributed by atoms with Crippen LogP contribution < -0.4 is 10.6 Å². The third-order valence-electron chi connectivity index (χ3n) is 1.93. The second-order valence-electron chi connectivity index (χ2n) is 3.47. The summed E-state index contributed by atoms with van der Waals surface area (Å²) in [6.07, 6.45) is 2.10. The van der Waals surface area contributed by atoms with E-state index in [1.165, 1.54) is 18.3 Å². The van der Waals surface area contributed by atoms with Crippen molar-refractivity contribution in [3.8, 4) is 0 Å². The maximum absolute atomic E-state index is 11.5. The number of carbonyl (C=O) groups excluding carboxylic acids is 2. The topological polar surface area (TPSA) is 71.1 Å². The van der Waals surface area contributed by atoms with Crippen molar-refractivity contribution in [2.45, 2.75) is 25.8 Å². The van der Waals surface area contributed by atoms with Crippen LogP contribution in [0.5, 0.6) is 0 Å². The Kier molecular flexibility index (Phi) is 2.68. The van der Waals surface area contributed by atoms with Gasteiger partial charge in [0, 0.05) is 18.3 Å². The first kappa shape index (κ1) is 10.1. The van der Waals surface area contributed by atoms with E-state index in [1.54, 1.807) is 5.38 Å². The van der Waals surface area contributed by atoms with Gasteiger partial charge in [0.1, 0.15) is 5.69 Å². The molecule has 1 heterocycles. The molecule has 0 bridgehead atoms. The van der Waals surface area contributed by atoms with Crippen LogP contribution in [-0.2, 0) is 4.79 Å². The molecule has 80 valence electrons. The minimum atomic E-state index is -0.182. The third-order valence-corrected chi connectivity index (χ3v) is 2.69. The van der Waals surface area contributed by atoms with E-state index in [-0.39, 0.29) is 11.8 Å². The summed E-state index contributed by atoms with van der Waals surface area (Å²) < 4.78 is 0. The van der Waals surface area contributed by atoms with Crippen LogP contribution in [0.3, 0.4) is 0 Å². The second-order valence-corrected chi connectivity index (χ2v) is 4.32. The average Bonchev–Trinajstić information content (AvgIpc) is 2.83. The van der Waals surface area contributed by atoms with Gasteiger partial charge in [0.15, 0.2) is 5.13 Å². The Hall–Kier alpha value is -1.43. The molecule has 0 atom stereocenters. The average molecular weight is 225 g/mol. The fourth-order valence-electron chi connectivity index (χ4n) is 1.07. The van der Waals surface area contributed by atoms with Gasteiger partial charge in [-0.15, -0.1) is 11.3 Å². The Bertz CT molecular complexity index is 398. The summed E-state index contributed by atoms with van der Waals surface area (Å²) in [6.45, 7) is 1.41. The highest BCUT2D eigenvalue weighted by molar-refractivity contribution is 7.14. The number of hydrogen-bond acceptors (Lipinski definition) is 4. The first-order valence-corrected chi connectivity index (χ1v) is 5.57. The van der Waals surface area contributed by atoms with Gasteiger partial charge in [-0.1, -0.05) is 0 Å². The van der Waals surface area contributed by atoms with Gasteiger partial charge in [-0.3, -0.25) is 9.59 Å². The zero-order valence-corrected chi connectivity index (χ0v) is 9.06. The van der Waals surface area contributed by atoms with Crippen LogP contribution in [0.1, 0.15) is 30.3 Å². The maximum Gasteiger partial charge on any atom is 0.271 e. The van der Waals surface area contributed by atoms with Crippen LogP contribution in [-0.4, -0.2) is 22.8 Å². The molecule has 0 unspecified atom stereocenters. The number of anilines is 1. The molecule has 2 N–H and O–H groups in total. The van der Waals surface area contributed by atoms with Gasteiger partial charge in [0.05, 0.1) is 0 Å². The molecule has 1 fully saturated rings. The van der Waals surface area contributed by atoms with Crippen molar-refractivity contribution in [1.29, 1.82) is 0 Å². The van der Waals surface area contributed by atoms with Gasteiger partial charge in [0.2, 0.25) is 5.91 Å². The van der Waals surface area contributed by atoms with Crippen LogP contribution in [0.15, 0.2) is 5.38 Å². The molecule has 1 aromatic rings. The molecule has 0 radical (unpaired) electrons. The zero-order chi connectivity index (χ0) is 10.8. The summed E-state index contributed by atoms with van der Waals surface area (Å²) in [6, 6.07) is 0.323. The lowest BCUT2D eigenvalue weighted by Crippen LogP contribution is -2.25. The lowest BCUT2D eigenvalue weighted by atomic mass is 10.4. The summed E-state index contributed by atoms with van der Waals surface area (Å²) in [7, 11) is 0. The van der Waals surface area contributed by atoms with Crippen molar-refractivity contribution < 1.29 is 9.59 Å². The Balaban J connectivity index is 1.98. The summed E-state index contributed by atoms with van der Waals surface area (Å²) in [5.74, 6) is -0.344. The Morgan fingerprint density at radius 1 is 1.53 bits per heavy atom. The lowest BCUT2D eigenvalue weighted by molar-refractivity contribution is -0.114. The van der Waals surface area contributed by atoms with Crippen LogP contribution in [0, 0.1) is 0 Å². The van der Waals surface area contributed by atoms with Crippen molar-refractivity contribution >= 4 is 28.3 Å². The molecule has 1 aliphatic carbocycles. The normalized spacial score (nSPS) is 14.7. The minimum Gasteiger partial charge on any atom is -0.348 e.